The predicted octanol–water partition coefficient (Wildman–Crippen LogP) is 10.5. The van der Waals surface area contributed by atoms with Crippen LogP contribution >= 0.6 is 0 Å². The van der Waals surface area contributed by atoms with Crippen molar-refractivity contribution in [2.24, 2.45) is 5.92 Å². The lowest BCUT2D eigenvalue weighted by molar-refractivity contribution is -0.111. The number of alkyl halides is 6. The third-order valence-electron chi connectivity index (χ3n) is 6.68. The van der Waals surface area contributed by atoms with Crippen molar-refractivity contribution >= 4 is 0 Å². The molecule has 0 aliphatic heterocycles. The standard InChI is InChI=1S/C26H36.2C2H3F3/c1-6-21-13-19(4)15-24(17-21)26(12-10-9-11-23(26)8-3)25-16-20(5)14-22(7-2)18-25;2*1-2(3,4)5/h13-18,23H,6-12H2,1-5H3;2*1H3. The zero-order valence-electron chi connectivity index (χ0n) is 22.8. The summed E-state index contributed by atoms with van der Waals surface area (Å²) in [6, 6.07) is 14.8. The van der Waals surface area contributed by atoms with E-state index in [9.17, 15) is 26.3 Å². The maximum atomic E-state index is 10.4. The zero-order chi connectivity index (χ0) is 27.7. The molecule has 0 aromatic heterocycles. The number of halogens is 6. The maximum absolute atomic E-state index is 10.4. The average molecular weight is 517 g/mol. The highest BCUT2D eigenvalue weighted by atomic mass is 19.4. The molecule has 0 saturated heterocycles. The van der Waals surface area contributed by atoms with Gasteiger partial charge in [-0.15, -0.1) is 0 Å². The van der Waals surface area contributed by atoms with Crippen LogP contribution in [0.3, 0.4) is 0 Å². The molecule has 0 heterocycles. The molecule has 1 aliphatic rings. The summed E-state index contributed by atoms with van der Waals surface area (Å²) in [5.41, 5.74) is 9.16. The summed E-state index contributed by atoms with van der Waals surface area (Å²) in [5, 5.41) is 0. The molecule has 0 N–H and O–H groups in total. The molecule has 1 atom stereocenters. The Hall–Kier alpha value is -1.98. The molecule has 3 rings (SSSR count). The van der Waals surface area contributed by atoms with Gasteiger partial charge in [0, 0.05) is 19.3 Å². The van der Waals surface area contributed by atoms with E-state index in [4.69, 9.17) is 0 Å². The van der Waals surface area contributed by atoms with Crippen LogP contribution in [0.1, 0.15) is 100 Å². The quantitative estimate of drug-likeness (QED) is 0.347. The highest BCUT2D eigenvalue weighted by molar-refractivity contribution is 5.47. The van der Waals surface area contributed by atoms with E-state index >= 15 is 0 Å². The number of aryl methyl sites for hydroxylation is 4. The molecule has 1 fully saturated rings. The number of hydrogen-bond donors (Lipinski definition) is 0. The second kappa shape index (κ2) is 13.5. The predicted molar refractivity (Wildman–Crippen MR) is 138 cm³/mol. The largest absolute Gasteiger partial charge is 0.386 e. The van der Waals surface area contributed by atoms with Crippen molar-refractivity contribution in [3.05, 3.63) is 69.8 Å². The van der Waals surface area contributed by atoms with Crippen molar-refractivity contribution in [1.82, 2.24) is 0 Å². The third kappa shape index (κ3) is 10.6. The summed E-state index contributed by atoms with van der Waals surface area (Å²) in [7, 11) is 0. The van der Waals surface area contributed by atoms with Gasteiger partial charge in [0.05, 0.1) is 0 Å². The fraction of sp³-hybridized carbons (Fsp3) is 0.600. The molecule has 0 amide bonds. The maximum Gasteiger partial charge on any atom is 0.386 e. The van der Waals surface area contributed by atoms with Crippen molar-refractivity contribution in [3.8, 4) is 0 Å². The Morgan fingerprint density at radius 3 is 1.42 bits per heavy atom. The Balaban J connectivity index is 0.000000550. The van der Waals surface area contributed by atoms with Crippen LogP contribution in [0.25, 0.3) is 0 Å². The fourth-order valence-corrected chi connectivity index (χ4v) is 5.37. The molecule has 1 aliphatic carbocycles. The summed E-state index contributed by atoms with van der Waals surface area (Å²) in [6.45, 7) is 11.9. The summed E-state index contributed by atoms with van der Waals surface area (Å²) >= 11 is 0. The van der Waals surface area contributed by atoms with Crippen molar-refractivity contribution < 1.29 is 26.3 Å². The van der Waals surface area contributed by atoms with Crippen LogP contribution in [0.2, 0.25) is 0 Å². The fourth-order valence-electron chi connectivity index (χ4n) is 5.37. The van der Waals surface area contributed by atoms with Crippen LogP contribution in [0, 0.1) is 19.8 Å². The minimum absolute atomic E-state index is 0.188. The van der Waals surface area contributed by atoms with Gasteiger partial charge in [-0.2, -0.15) is 26.3 Å². The van der Waals surface area contributed by atoms with Gasteiger partial charge in [0.15, 0.2) is 0 Å². The van der Waals surface area contributed by atoms with Crippen molar-refractivity contribution in [2.45, 2.75) is 111 Å². The Morgan fingerprint density at radius 1 is 0.694 bits per heavy atom. The van der Waals surface area contributed by atoms with E-state index in [1.54, 1.807) is 11.1 Å². The van der Waals surface area contributed by atoms with Gasteiger partial charge in [-0.3, -0.25) is 0 Å². The molecule has 0 nitrogen and oxygen atoms in total. The lowest BCUT2D eigenvalue weighted by Crippen LogP contribution is -2.39. The summed E-state index contributed by atoms with van der Waals surface area (Å²) in [6.07, 6.45) is 0.905. The normalized spacial score (nSPS) is 17.4. The summed E-state index contributed by atoms with van der Waals surface area (Å²) in [5.74, 6) is 0.745. The van der Waals surface area contributed by atoms with E-state index in [0.717, 1.165) is 18.8 Å². The van der Waals surface area contributed by atoms with E-state index in [2.05, 4.69) is 71.0 Å². The van der Waals surface area contributed by atoms with Crippen LogP contribution in [0.15, 0.2) is 36.4 Å². The lowest BCUT2D eigenvalue weighted by atomic mass is 9.58. The number of benzene rings is 2. The molecule has 0 spiro atoms. The highest BCUT2D eigenvalue weighted by Crippen LogP contribution is 2.50. The van der Waals surface area contributed by atoms with Gasteiger partial charge in [0.1, 0.15) is 0 Å². The van der Waals surface area contributed by atoms with Gasteiger partial charge in [0.2, 0.25) is 0 Å². The Labute approximate surface area is 213 Å². The smallest absolute Gasteiger partial charge is 0.172 e. The van der Waals surface area contributed by atoms with Gasteiger partial charge in [-0.25, -0.2) is 0 Å². The third-order valence-corrected chi connectivity index (χ3v) is 6.68. The molecular weight excluding hydrogens is 474 g/mol. The Bertz CT molecular complexity index is 862. The molecule has 0 radical (unpaired) electrons. The van der Waals surface area contributed by atoms with Crippen LogP contribution in [-0.4, -0.2) is 12.4 Å². The van der Waals surface area contributed by atoms with Crippen molar-refractivity contribution in [3.63, 3.8) is 0 Å². The first-order valence-electron chi connectivity index (χ1n) is 12.9. The van der Waals surface area contributed by atoms with Crippen LogP contribution in [0.4, 0.5) is 26.3 Å². The average Bonchev–Trinajstić information content (AvgIpc) is 2.75. The number of hydrogen-bond acceptors (Lipinski definition) is 0. The van der Waals surface area contributed by atoms with E-state index in [-0.39, 0.29) is 19.3 Å². The molecule has 204 valence electrons. The van der Waals surface area contributed by atoms with Gasteiger partial charge in [0.25, 0.3) is 0 Å². The number of rotatable bonds is 5. The minimum Gasteiger partial charge on any atom is -0.172 e. The van der Waals surface area contributed by atoms with Gasteiger partial charge >= 0.3 is 12.4 Å². The van der Waals surface area contributed by atoms with E-state index in [0.29, 0.717) is 0 Å². The second-order valence-electron chi connectivity index (χ2n) is 10.0. The monoisotopic (exact) mass is 516 g/mol. The van der Waals surface area contributed by atoms with E-state index in [1.165, 1.54) is 54.4 Å². The molecule has 2 aromatic carbocycles. The first-order chi connectivity index (χ1) is 16.5. The van der Waals surface area contributed by atoms with Gasteiger partial charge in [-0.05, 0) is 67.7 Å². The SMILES string of the molecule is CC(F)(F)F.CC(F)(F)F.CCc1cc(C)cc(C2(c3cc(C)cc(CC)c3)CCCCC2CC)c1. The Morgan fingerprint density at radius 2 is 1.08 bits per heavy atom. The van der Waals surface area contributed by atoms with Crippen molar-refractivity contribution in [2.75, 3.05) is 0 Å². The van der Waals surface area contributed by atoms with Crippen LogP contribution < -0.4 is 0 Å². The Kier molecular flexibility index (Phi) is 12.0. The van der Waals surface area contributed by atoms with Gasteiger partial charge < -0.3 is 0 Å². The van der Waals surface area contributed by atoms with Crippen LogP contribution in [-0.2, 0) is 18.3 Å². The molecule has 36 heavy (non-hydrogen) atoms. The minimum atomic E-state index is -4.00. The first kappa shape index (κ1) is 32.0. The van der Waals surface area contributed by atoms with Crippen molar-refractivity contribution in [1.29, 1.82) is 0 Å². The van der Waals surface area contributed by atoms with Crippen LogP contribution in [0.5, 0.6) is 0 Å². The summed E-state index contributed by atoms with van der Waals surface area (Å²) < 4.78 is 62.1. The van der Waals surface area contributed by atoms with E-state index in [1.807, 2.05) is 0 Å². The molecule has 2 aromatic rings. The lowest BCUT2D eigenvalue weighted by Gasteiger charge is -2.46. The molecule has 1 unspecified atom stereocenters. The molecule has 0 bridgehead atoms. The molecular formula is C30H42F6. The first-order valence-corrected chi connectivity index (χ1v) is 12.9. The molecule has 1 saturated carbocycles. The highest BCUT2D eigenvalue weighted by Gasteiger charge is 2.43. The molecule has 6 heteroatoms. The topological polar surface area (TPSA) is 0 Å². The second-order valence-corrected chi connectivity index (χ2v) is 10.0. The van der Waals surface area contributed by atoms with Gasteiger partial charge in [-0.1, -0.05) is 87.6 Å². The zero-order valence-corrected chi connectivity index (χ0v) is 22.8. The summed E-state index contributed by atoms with van der Waals surface area (Å²) in [4.78, 5) is 0. The van der Waals surface area contributed by atoms with E-state index < -0.39 is 12.4 Å².